The lowest BCUT2D eigenvalue weighted by Crippen LogP contribution is -2.49. The first-order valence-corrected chi connectivity index (χ1v) is 9.15. The number of fused-ring (bicyclic) bond motifs is 1. The molecule has 4 heterocycles. The number of hydrogen-bond donors (Lipinski definition) is 0. The van der Waals surface area contributed by atoms with Gasteiger partial charge in [0.05, 0.1) is 5.56 Å². The third-order valence-electron chi connectivity index (χ3n) is 4.93. The molecule has 1 saturated heterocycles. The van der Waals surface area contributed by atoms with Gasteiger partial charge in [-0.1, -0.05) is 12.1 Å². The van der Waals surface area contributed by atoms with Crippen LogP contribution in [0.1, 0.15) is 16.1 Å². The summed E-state index contributed by atoms with van der Waals surface area (Å²) in [5.41, 5.74) is 0.202. The standard InChI is InChI=1S/C20H21N5O3/c1-3-8-25-13-22-18-17(20(25)27)16(14(2)28-18)19(26)24-11-9-23(10-12-24)15-6-4-5-7-21-15/h3-7,13H,1,8-12H2,2H3. The second-order valence-corrected chi connectivity index (χ2v) is 6.67. The maximum atomic E-state index is 13.2. The van der Waals surface area contributed by atoms with Gasteiger partial charge in [0.2, 0.25) is 5.71 Å². The molecule has 0 saturated carbocycles. The predicted octanol–water partition coefficient (Wildman–Crippen LogP) is 1.84. The molecule has 0 atom stereocenters. The van der Waals surface area contributed by atoms with Crippen LogP contribution >= 0.6 is 0 Å². The Morgan fingerprint density at radius 1 is 1.25 bits per heavy atom. The first-order chi connectivity index (χ1) is 13.6. The van der Waals surface area contributed by atoms with Crippen molar-refractivity contribution in [2.24, 2.45) is 0 Å². The minimum absolute atomic E-state index is 0.193. The first kappa shape index (κ1) is 18.0. The van der Waals surface area contributed by atoms with Crippen LogP contribution in [0.25, 0.3) is 11.1 Å². The fourth-order valence-corrected chi connectivity index (χ4v) is 3.50. The van der Waals surface area contributed by atoms with Crippen molar-refractivity contribution in [2.75, 3.05) is 31.1 Å². The number of hydrogen-bond acceptors (Lipinski definition) is 6. The SMILES string of the molecule is C=CCn1cnc2oc(C)c(C(=O)N3CCN(c4ccccn4)CC3)c2c1=O. The van der Waals surface area contributed by atoms with Gasteiger partial charge in [0.25, 0.3) is 11.5 Å². The highest BCUT2D eigenvalue weighted by Gasteiger charge is 2.29. The first-order valence-electron chi connectivity index (χ1n) is 9.15. The molecule has 0 bridgehead atoms. The van der Waals surface area contributed by atoms with Crippen LogP contribution in [0.5, 0.6) is 0 Å². The van der Waals surface area contributed by atoms with E-state index < -0.39 is 0 Å². The van der Waals surface area contributed by atoms with E-state index in [1.165, 1.54) is 10.9 Å². The average molecular weight is 379 g/mol. The number of aryl methyl sites for hydroxylation is 1. The molecule has 0 N–H and O–H groups in total. The zero-order chi connectivity index (χ0) is 19.7. The molecule has 0 spiro atoms. The molecule has 0 unspecified atom stereocenters. The van der Waals surface area contributed by atoms with Gasteiger partial charge in [0, 0.05) is 38.9 Å². The van der Waals surface area contributed by atoms with Gasteiger partial charge in [-0.3, -0.25) is 14.2 Å². The van der Waals surface area contributed by atoms with Gasteiger partial charge in [0.1, 0.15) is 23.3 Å². The smallest absolute Gasteiger partial charge is 0.265 e. The number of anilines is 1. The molecule has 1 aliphatic heterocycles. The molecule has 8 nitrogen and oxygen atoms in total. The summed E-state index contributed by atoms with van der Waals surface area (Å²) in [6.45, 7) is 8.10. The number of pyridine rings is 1. The lowest BCUT2D eigenvalue weighted by atomic mass is 10.1. The third-order valence-corrected chi connectivity index (χ3v) is 4.93. The second kappa shape index (κ2) is 7.30. The van der Waals surface area contributed by atoms with Crippen molar-refractivity contribution in [1.82, 2.24) is 19.4 Å². The van der Waals surface area contributed by atoms with Crippen LogP contribution in [0.15, 0.2) is 52.6 Å². The van der Waals surface area contributed by atoms with Crippen LogP contribution in [0.2, 0.25) is 0 Å². The van der Waals surface area contributed by atoms with Crippen molar-refractivity contribution in [3.63, 3.8) is 0 Å². The van der Waals surface area contributed by atoms with Crippen molar-refractivity contribution in [2.45, 2.75) is 13.5 Å². The Hall–Kier alpha value is -3.42. The number of nitrogens with zero attached hydrogens (tertiary/aromatic N) is 5. The fraction of sp³-hybridized carbons (Fsp3) is 0.300. The van der Waals surface area contributed by atoms with E-state index in [2.05, 4.69) is 21.4 Å². The van der Waals surface area contributed by atoms with E-state index >= 15 is 0 Å². The van der Waals surface area contributed by atoms with E-state index in [-0.39, 0.29) is 22.6 Å². The van der Waals surface area contributed by atoms with Gasteiger partial charge in [-0.2, -0.15) is 0 Å². The Balaban J connectivity index is 1.61. The van der Waals surface area contributed by atoms with Gasteiger partial charge >= 0.3 is 0 Å². The van der Waals surface area contributed by atoms with E-state index in [1.807, 2.05) is 18.2 Å². The summed E-state index contributed by atoms with van der Waals surface area (Å²) in [6, 6.07) is 5.78. The zero-order valence-corrected chi connectivity index (χ0v) is 15.7. The van der Waals surface area contributed by atoms with E-state index in [0.717, 1.165) is 5.82 Å². The van der Waals surface area contributed by atoms with Gasteiger partial charge in [-0.15, -0.1) is 6.58 Å². The van der Waals surface area contributed by atoms with Crippen LogP contribution in [-0.4, -0.2) is 51.5 Å². The lowest BCUT2D eigenvalue weighted by Gasteiger charge is -2.35. The Bertz CT molecular complexity index is 1080. The topological polar surface area (TPSA) is 84.5 Å². The van der Waals surface area contributed by atoms with Crippen molar-refractivity contribution in [3.05, 3.63) is 65.1 Å². The number of piperazine rings is 1. The molecule has 3 aromatic heterocycles. The normalized spacial score (nSPS) is 14.5. The lowest BCUT2D eigenvalue weighted by molar-refractivity contribution is 0.0746. The van der Waals surface area contributed by atoms with Gasteiger partial charge in [-0.05, 0) is 19.1 Å². The molecular formula is C20H21N5O3. The summed E-state index contributed by atoms with van der Waals surface area (Å²) < 4.78 is 7.01. The molecule has 8 heteroatoms. The van der Waals surface area contributed by atoms with E-state index in [0.29, 0.717) is 44.0 Å². The number of carbonyl (C=O) groups excluding carboxylic acids is 1. The van der Waals surface area contributed by atoms with E-state index in [9.17, 15) is 9.59 Å². The molecule has 1 aliphatic rings. The van der Waals surface area contributed by atoms with Crippen molar-refractivity contribution < 1.29 is 9.21 Å². The van der Waals surface area contributed by atoms with E-state index in [4.69, 9.17) is 4.42 Å². The second-order valence-electron chi connectivity index (χ2n) is 6.67. The molecule has 144 valence electrons. The minimum atomic E-state index is -0.294. The Morgan fingerprint density at radius 2 is 2.04 bits per heavy atom. The number of furan rings is 1. The highest BCUT2D eigenvalue weighted by atomic mass is 16.3. The van der Waals surface area contributed by atoms with Gasteiger partial charge in [-0.25, -0.2) is 9.97 Å². The Labute approximate surface area is 161 Å². The minimum Gasteiger partial charge on any atom is -0.442 e. The number of carbonyl (C=O) groups is 1. The molecule has 0 aliphatic carbocycles. The van der Waals surface area contributed by atoms with Gasteiger partial charge < -0.3 is 14.2 Å². The summed E-state index contributed by atoms with van der Waals surface area (Å²) in [5, 5.41) is 0.235. The third kappa shape index (κ3) is 3.06. The monoisotopic (exact) mass is 379 g/mol. The van der Waals surface area contributed by atoms with Crippen molar-refractivity contribution in [3.8, 4) is 0 Å². The van der Waals surface area contributed by atoms with E-state index in [1.54, 1.807) is 24.1 Å². The van der Waals surface area contributed by atoms with Crippen LogP contribution in [0.4, 0.5) is 5.82 Å². The van der Waals surface area contributed by atoms with Crippen molar-refractivity contribution >= 4 is 22.8 Å². The molecule has 1 amide bonds. The highest BCUT2D eigenvalue weighted by molar-refractivity contribution is 6.06. The average Bonchev–Trinajstić information content (AvgIpc) is 3.07. The maximum absolute atomic E-state index is 13.2. The Morgan fingerprint density at radius 3 is 2.71 bits per heavy atom. The summed E-state index contributed by atoms with van der Waals surface area (Å²) >= 11 is 0. The Kier molecular flexibility index (Phi) is 4.68. The quantitative estimate of drug-likeness (QED) is 0.643. The summed E-state index contributed by atoms with van der Waals surface area (Å²) in [5.74, 6) is 1.11. The van der Waals surface area contributed by atoms with Gasteiger partial charge in [0.15, 0.2) is 0 Å². The predicted molar refractivity (Wildman–Crippen MR) is 106 cm³/mol. The van der Waals surface area contributed by atoms with Crippen LogP contribution in [-0.2, 0) is 6.54 Å². The fourth-order valence-electron chi connectivity index (χ4n) is 3.50. The summed E-state index contributed by atoms with van der Waals surface area (Å²) in [4.78, 5) is 38.4. The molecule has 3 aromatic rings. The van der Waals surface area contributed by atoms with Crippen LogP contribution in [0, 0.1) is 6.92 Å². The number of allylic oxidation sites excluding steroid dienone is 1. The largest absolute Gasteiger partial charge is 0.442 e. The molecular weight excluding hydrogens is 358 g/mol. The molecule has 0 aromatic carbocycles. The number of amides is 1. The molecule has 28 heavy (non-hydrogen) atoms. The maximum Gasteiger partial charge on any atom is 0.265 e. The number of aromatic nitrogens is 3. The number of rotatable bonds is 4. The summed E-state index contributed by atoms with van der Waals surface area (Å²) in [7, 11) is 0. The van der Waals surface area contributed by atoms with Crippen LogP contribution < -0.4 is 10.5 Å². The zero-order valence-electron chi connectivity index (χ0n) is 15.7. The highest BCUT2D eigenvalue weighted by Crippen LogP contribution is 2.23. The summed E-state index contributed by atoms with van der Waals surface area (Å²) in [6.07, 6.45) is 4.78. The molecule has 0 radical (unpaired) electrons. The van der Waals surface area contributed by atoms with Crippen LogP contribution in [0.3, 0.4) is 0 Å². The molecule has 4 rings (SSSR count). The van der Waals surface area contributed by atoms with Crippen molar-refractivity contribution in [1.29, 1.82) is 0 Å². The molecule has 1 fully saturated rings.